The molecule has 0 radical (unpaired) electrons. The fourth-order valence-corrected chi connectivity index (χ4v) is 3.76. The number of hydrogen-bond donors (Lipinski definition) is 2. The molecule has 0 atom stereocenters. The van der Waals surface area contributed by atoms with E-state index in [2.05, 4.69) is 10.3 Å². The van der Waals surface area contributed by atoms with E-state index in [9.17, 15) is 9.59 Å². The summed E-state index contributed by atoms with van der Waals surface area (Å²) >= 11 is 1.36. The summed E-state index contributed by atoms with van der Waals surface area (Å²) in [5, 5.41) is 3.60. The van der Waals surface area contributed by atoms with Gasteiger partial charge in [0.1, 0.15) is 0 Å². The van der Waals surface area contributed by atoms with Crippen LogP contribution in [0, 0.1) is 0 Å². The number of nitrogens with zero attached hydrogens (tertiary/aromatic N) is 3. The monoisotopic (exact) mass is 429 g/mol. The molecule has 0 unspecified atom stereocenters. The molecule has 2 amide bonds. The third-order valence-electron chi connectivity index (χ3n) is 4.48. The summed E-state index contributed by atoms with van der Waals surface area (Å²) in [4.78, 5) is 37.5. The van der Waals surface area contributed by atoms with Gasteiger partial charge >= 0.3 is 0 Å². The number of aliphatic imine (C=N–C) groups is 2. The highest BCUT2D eigenvalue weighted by Gasteiger charge is 2.17. The van der Waals surface area contributed by atoms with Gasteiger partial charge in [0, 0.05) is 23.9 Å². The van der Waals surface area contributed by atoms with Crippen LogP contribution in [0.5, 0.6) is 0 Å². The predicted molar refractivity (Wildman–Crippen MR) is 125 cm³/mol. The predicted octanol–water partition coefficient (Wildman–Crippen LogP) is 4.11. The van der Waals surface area contributed by atoms with Gasteiger partial charge in [0.05, 0.1) is 33.6 Å². The Labute approximate surface area is 183 Å². The summed E-state index contributed by atoms with van der Waals surface area (Å²) in [7, 11) is 0. The quantitative estimate of drug-likeness (QED) is 0.636. The average molecular weight is 430 g/mol. The van der Waals surface area contributed by atoms with Crippen molar-refractivity contribution in [3.8, 4) is 0 Å². The molecule has 4 rings (SSSR count). The highest BCUT2D eigenvalue weighted by molar-refractivity contribution is 8.14. The van der Waals surface area contributed by atoms with Crippen LogP contribution in [0.2, 0.25) is 0 Å². The van der Waals surface area contributed by atoms with Crippen molar-refractivity contribution >= 4 is 51.4 Å². The number of primary amides is 1. The Morgan fingerprint density at radius 3 is 2.32 bits per heavy atom. The van der Waals surface area contributed by atoms with Crippen molar-refractivity contribution in [2.24, 2.45) is 15.7 Å². The topological polar surface area (TPSA) is 110 Å². The number of aromatic nitrogens is 1. The van der Waals surface area contributed by atoms with Crippen molar-refractivity contribution in [2.75, 3.05) is 11.1 Å². The molecule has 1 aromatic heterocycles. The summed E-state index contributed by atoms with van der Waals surface area (Å²) < 4.78 is 0. The minimum absolute atomic E-state index is 0.173. The zero-order valence-corrected chi connectivity index (χ0v) is 17.3. The third kappa shape index (κ3) is 5.23. The smallest absolute Gasteiger partial charge is 0.248 e. The number of carbonyl (C=O) groups excluding carboxylic acids is 2. The van der Waals surface area contributed by atoms with Gasteiger partial charge in [-0.25, -0.2) is 9.98 Å². The molecule has 1 aliphatic rings. The number of para-hydroxylation sites is 2. The summed E-state index contributed by atoms with van der Waals surface area (Å²) in [5.74, 6) is -0.493. The molecule has 0 saturated carbocycles. The van der Waals surface area contributed by atoms with Crippen molar-refractivity contribution in [3.05, 3.63) is 84.2 Å². The van der Waals surface area contributed by atoms with E-state index >= 15 is 0 Å². The standard InChI is InChI=1S/C23H19N5O2S/c24-23(30)15-8-10-16(11-9-15)26-21(29)14-31-22-13-20(17-5-3-4-12-25-17)27-18-6-1-2-7-19(18)28-22/h1-12H,13-14H2,(H2,24,30)(H,26,29). The van der Waals surface area contributed by atoms with Crippen molar-refractivity contribution in [1.29, 1.82) is 0 Å². The van der Waals surface area contributed by atoms with Gasteiger partial charge in [-0.2, -0.15) is 0 Å². The molecule has 0 aliphatic carbocycles. The summed E-state index contributed by atoms with van der Waals surface area (Å²) in [6.45, 7) is 0. The van der Waals surface area contributed by atoms with Crippen LogP contribution in [-0.4, -0.2) is 33.3 Å². The van der Waals surface area contributed by atoms with E-state index in [4.69, 9.17) is 15.7 Å². The fourth-order valence-electron chi connectivity index (χ4n) is 2.98. The lowest BCUT2D eigenvalue weighted by molar-refractivity contribution is -0.113. The molecule has 8 heteroatoms. The summed E-state index contributed by atoms with van der Waals surface area (Å²) in [6, 6.07) is 19.8. The highest BCUT2D eigenvalue weighted by atomic mass is 32.2. The molecule has 0 fully saturated rings. The molecule has 7 nitrogen and oxygen atoms in total. The molecule has 3 aromatic rings. The van der Waals surface area contributed by atoms with Crippen molar-refractivity contribution < 1.29 is 9.59 Å². The number of nitrogens with one attached hydrogen (secondary N) is 1. The minimum Gasteiger partial charge on any atom is -0.366 e. The second-order valence-corrected chi connectivity index (χ2v) is 7.77. The number of carbonyl (C=O) groups is 2. The average Bonchev–Trinajstić information content (AvgIpc) is 2.98. The molecule has 154 valence electrons. The van der Waals surface area contributed by atoms with E-state index in [-0.39, 0.29) is 11.7 Å². The first-order valence-electron chi connectivity index (χ1n) is 9.56. The van der Waals surface area contributed by atoms with Gasteiger partial charge in [-0.05, 0) is 48.5 Å². The van der Waals surface area contributed by atoms with Gasteiger partial charge in [0.2, 0.25) is 11.8 Å². The van der Waals surface area contributed by atoms with Crippen LogP contribution in [0.1, 0.15) is 22.5 Å². The van der Waals surface area contributed by atoms with Crippen LogP contribution in [0.3, 0.4) is 0 Å². The number of fused-ring (bicyclic) bond motifs is 1. The molecular weight excluding hydrogens is 410 g/mol. The molecule has 2 aromatic carbocycles. The molecule has 1 aliphatic heterocycles. The second-order valence-electron chi connectivity index (χ2n) is 6.72. The lowest BCUT2D eigenvalue weighted by Crippen LogP contribution is -2.17. The molecule has 2 heterocycles. The van der Waals surface area contributed by atoms with Gasteiger partial charge in [-0.15, -0.1) is 11.8 Å². The van der Waals surface area contributed by atoms with E-state index < -0.39 is 5.91 Å². The highest BCUT2D eigenvalue weighted by Crippen LogP contribution is 2.33. The first-order chi connectivity index (χ1) is 15.1. The van der Waals surface area contributed by atoms with Gasteiger partial charge in [-0.1, -0.05) is 18.2 Å². The van der Waals surface area contributed by atoms with Crippen molar-refractivity contribution in [1.82, 2.24) is 4.98 Å². The SMILES string of the molecule is NC(=O)c1ccc(NC(=O)CSC2=Nc3ccccc3N=C(c3ccccn3)C2)cc1. The number of benzene rings is 2. The fraction of sp³-hybridized carbons (Fsp3) is 0.0870. The van der Waals surface area contributed by atoms with Gasteiger partial charge in [-0.3, -0.25) is 14.6 Å². The molecule has 0 spiro atoms. The molecule has 0 bridgehead atoms. The number of anilines is 1. The molecule has 31 heavy (non-hydrogen) atoms. The zero-order chi connectivity index (χ0) is 21.6. The summed E-state index contributed by atoms with van der Waals surface area (Å²) in [6.07, 6.45) is 2.21. The number of thioether (sulfide) groups is 1. The number of nitrogens with two attached hydrogens (primary N) is 1. The Kier molecular flexibility index (Phi) is 6.18. The maximum atomic E-state index is 12.4. The molecular formula is C23H19N5O2S. The Morgan fingerprint density at radius 2 is 1.65 bits per heavy atom. The van der Waals surface area contributed by atoms with Crippen LogP contribution in [0.15, 0.2) is 82.9 Å². The lowest BCUT2D eigenvalue weighted by atomic mass is 10.2. The van der Waals surface area contributed by atoms with Crippen LogP contribution < -0.4 is 11.1 Å². The number of pyridine rings is 1. The van der Waals surface area contributed by atoms with Crippen molar-refractivity contribution in [2.45, 2.75) is 6.42 Å². The van der Waals surface area contributed by atoms with Gasteiger partial charge in [0.15, 0.2) is 0 Å². The van der Waals surface area contributed by atoms with Crippen LogP contribution in [0.4, 0.5) is 17.1 Å². The Hall–Kier alpha value is -3.78. The maximum Gasteiger partial charge on any atom is 0.248 e. The molecule has 0 saturated heterocycles. The Morgan fingerprint density at radius 1 is 0.935 bits per heavy atom. The van der Waals surface area contributed by atoms with Crippen LogP contribution in [0.25, 0.3) is 0 Å². The third-order valence-corrected chi connectivity index (χ3v) is 5.46. The normalized spacial score (nSPS) is 12.8. The Balaban J connectivity index is 1.47. The summed E-state index contributed by atoms with van der Waals surface area (Å²) in [5.41, 5.74) is 9.35. The van der Waals surface area contributed by atoms with E-state index in [1.54, 1.807) is 30.5 Å². The van der Waals surface area contributed by atoms with Gasteiger partial charge < -0.3 is 11.1 Å². The Bertz CT molecular complexity index is 1170. The number of hydrogen-bond acceptors (Lipinski definition) is 6. The number of amides is 2. The lowest BCUT2D eigenvalue weighted by Gasteiger charge is -2.08. The maximum absolute atomic E-state index is 12.4. The van der Waals surface area contributed by atoms with Crippen LogP contribution in [-0.2, 0) is 4.79 Å². The molecule has 3 N–H and O–H groups in total. The van der Waals surface area contributed by atoms with E-state index in [1.165, 1.54) is 11.8 Å². The zero-order valence-electron chi connectivity index (χ0n) is 16.5. The van der Waals surface area contributed by atoms with Crippen molar-refractivity contribution in [3.63, 3.8) is 0 Å². The first-order valence-corrected chi connectivity index (χ1v) is 10.5. The van der Waals surface area contributed by atoms with E-state index in [0.29, 0.717) is 17.7 Å². The first kappa shape index (κ1) is 20.5. The number of rotatable bonds is 5. The van der Waals surface area contributed by atoms with E-state index in [0.717, 1.165) is 27.8 Å². The minimum atomic E-state index is -0.509. The van der Waals surface area contributed by atoms with Gasteiger partial charge in [0.25, 0.3) is 0 Å². The largest absolute Gasteiger partial charge is 0.366 e. The van der Waals surface area contributed by atoms with Crippen LogP contribution >= 0.6 is 11.8 Å². The van der Waals surface area contributed by atoms with E-state index in [1.807, 2.05) is 42.5 Å². The second kappa shape index (κ2) is 9.36.